The third-order valence-corrected chi connectivity index (χ3v) is 4.85. The molecule has 3 aromatic rings. The summed E-state index contributed by atoms with van der Waals surface area (Å²) in [5.74, 6) is 0.320. The van der Waals surface area contributed by atoms with Crippen LogP contribution in [-0.4, -0.2) is 31.2 Å². The van der Waals surface area contributed by atoms with Gasteiger partial charge in [-0.15, -0.1) is 0 Å². The number of pyridine rings is 1. The molecule has 0 fully saturated rings. The molecule has 3 rings (SSSR count). The maximum absolute atomic E-state index is 13.6. The van der Waals surface area contributed by atoms with Crippen molar-refractivity contribution in [1.82, 2.24) is 4.98 Å². The molecule has 0 radical (unpaired) electrons. The van der Waals surface area contributed by atoms with Gasteiger partial charge < -0.3 is 4.90 Å². The minimum absolute atomic E-state index is 0.145. The number of hydrogen-bond acceptors (Lipinski definition) is 2. The molecular formula is C19H22F3N5+2. The number of H-pyrrole nitrogens is 1. The summed E-state index contributed by atoms with van der Waals surface area (Å²) in [5.41, 5.74) is 0.195. The number of hydrogen-bond donors (Lipinski definition) is 3. The van der Waals surface area contributed by atoms with Crippen LogP contribution in [0, 0.1) is 11.3 Å². The van der Waals surface area contributed by atoms with Crippen molar-refractivity contribution < 1.29 is 22.5 Å². The monoisotopic (exact) mass is 377 g/mol. The van der Waals surface area contributed by atoms with Gasteiger partial charge in [0.05, 0.1) is 18.7 Å². The molecular weight excluding hydrogens is 355 g/mol. The van der Waals surface area contributed by atoms with Crippen LogP contribution < -0.4 is 14.6 Å². The van der Waals surface area contributed by atoms with Crippen LogP contribution in [0.15, 0.2) is 30.3 Å². The van der Waals surface area contributed by atoms with Gasteiger partial charge in [0.2, 0.25) is 5.82 Å². The highest BCUT2D eigenvalue weighted by molar-refractivity contribution is 5.77. The van der Waals surface area contributed by atoms with Crippen molar-refractivity contribution in [3.05, 3.63) is 41.5 Å². The van der Waals surface area contributed by atoms with E-state index < -0.39 is 17.3 Å². The second-order valence-corrected chi connectivity index (χ2v) is 6.39. The number of aromatic amines is 1. The standard InChI is InChI=1S/C19H20F3N5/c1-3-26(4-2)10-9-24-17-11-14(19(20,21)22)13(12-23)18-25-15-7-5-6-8-16(15)27(17)18/h5-8,11H,3-4,9-10H2,1-2H3,(H,24,25)/p+2. The molecule has 27 heavy (non-hydrogen) atoms. The number of fused-ring (bicyclic) bond motifs is 3. The summed E-state index contributed by atoms with van der Waals surface area (Å²) in [5, 5.41) is 12.5. The van der Waals surface area contributed by atoms with Crippen LogP contribution >= 0.6 is 0 Å². The largest absolute Gasteiger partial charge is 0.418 e. The fourth-order valence-corrected chi connectivity index (χ4v) is 3.34. The number of nitriles is 1. The molecule has 142 valence electrons. The van der Waals surface area contributed by atoms with Crippen LogP contribution in [0.25, 0.3) is 16.7 Å². The van der Waals surface area contributed by atoms with E-state index in [0.29, 0.717) is 17.9 Å². The number of halogens is 3. The van der Waals surface area contributed by atoms with Gasteiger partial charge in [0, 0.05) is 6.07 Å². The SMILES string of the molecule is CC[NH+](CC)CCNc1cc(C(F)(F)F)c(C#N)c2[nH]c3ccccc3[n+]12. The van der Waals surface area contributed by atoms with Crippen LogP contribution in [0.5, 0.6) is 0 Å². The molecule has 0 saturated heterocycles. The zero-order chi connectivity index (χ0) is 19.6. The molecule has 5 nitrogen and oxygen atoms in total. The quantitative estimate of drug-likeness (QED) is 0.577. The highest BCUT2D eigenvalue weighted by Crippen LogP contribution is 2.34. The van der Waals surface area contributed by atoms with Crippen molar-refractivity contribution in [3.8, 4) is 6.07 Å². The van der Waals surface area contributed by atoms with Crippen molar-refractivity contribution in [2.75, 3.05) is 31.5 Å². The Kier molecular flexibility index (Phi) is 5.24. The lowest BCUT2D eigenvalue weighted by molar-refractivity contribution is -0.894. The van der Waals surface area contributed by atoms with Gasteiger partial charge in [-0.3, -0.25) is 10.3 Å². The fourth-order valence-electron chi connectivity index (χ4n) is 3.34. The van der Waals surface area contributed by atoms with Gasteiger partial charge in [-0.05, 0) is 26.0 Å². The van der Waals surface area contributed by atoms with Gasteiger partial charge in [-0.1, -0.05) is 12.1 Å². The molecule has 0 bridgehead atoms. The van der Waals surface area contributed by atoms with E-state index in [4.69, 9.17) is 0 Å². The number of benzene rings is 1. The molecule has 8 heteroatoms. The molecule has 0 spiro atoms. The second-order valence-electron chi connectivity index (χ2n) is 6.39. The lowest BCUT2D eigenvalue weighted by atomic mass is 10.1. The van der Waals surface area contributed by atoms with Gasteiger partial charge in [-0.2, -0.15) is 22.8 Å². The van der Waals surface area contributed by atoms with Gasteiger partial charge in [0.15, 0.2) is 0 Å². The van der Waals surface area contributed by atoms with E-state index >= 15 is 0 Å². The number of aromatic nitrogens is 2. The topological polar surface area (TPSA) is 60.1 Å². The minimum atomic E-state index is -4.61. The number of alkyl halides is 3. The number of para-hydroxylation sites is 2. The first-order valence-corrected chi connectivity index (χ1v) is 8.94. The zero-order valence-corrected chi connectivity index (χ0v) is 15.2. The van der Waals surface area contributed by atoms with Gasteiger partial charge in [-0.25, -0.2) is 0 Å². The van der Waals surface area contributed by atoms with Gasteiger partial charge >= 0.3 is 6.18 Å². The van der Waals surface area contributed by atoms with Crippen molar-refractivity contribution in [1.29, 1.82) is 5.26 Å². The Morgan fingerprint density at radius 2 is 1.93 bits per heavy atom. The van der Waals surface area contributed by atoms with Crippen LogP contribution in [0.3, 0.4) is 0 Å². The average molecular weight is 377 g/mol. The maximum Gasteiger partial charge on any atom is 0.418 e. The number of imidazole rings is 1. The number of likely N-dealkylation sites (N-methyl/N-ethyl adjacent to an activating group) is 1. The number of nitrogens with zero attached hydrogens (tertiary/aromatic N) is 2. The summed E-state index contributed by atoms with van der Waals surface area (Å²) in [6, 6.07) is 9.96. The summed E-state index contributed by atoms with van der Waals surface area (Å²) in [6.45, 7) is 7.38. The molecule has 0 amide bonds. The summed E-state index contributed by atoms with van der Waals surface area (Å²) in [6.07, 6.45) is -4.61. The Hall–Kier alpha value is -2.79. The van der Waals surface area contributed by atoms with Crippen LogP contribution in [0.2, 0.25) is 0 Å². The molecule has 0 atom stereocenters. The Morgan fingerprint density at radius 1 is 1.22 bits per heavy atom. The van der Waals surface area contributed by atoms with E-state index in [9.17, 15) is 18.4 Å². The number of anilines is 1. The zero-order valence-electron chi connectivity index (χ0n) is 15.2. The highest BCUT2D eigenvalue weighted by atomic mass is 19.4. The van der Waals surface area contributed by atoms with Crippen molar-refractivity contribution >= 4 is 22.5 Å². The van der Waals surface area contributed by atoms with E-state index in [2.05, 4.69) is 24.1 Å². The molecule has 0 unspecified atom stereocenters. The van der Waals surface area contributed by atoms with Gasteiger partial charge in [0.25, 0.3) is 5.65 Å². The first-order valence-electron chi connectivity index (χ1n) is 8.94. The minimum Gasteiger partial charge on any atom is -0.333 e. The van der Waals surface area contributed by atoms with Crippen molar-refractivity contribution in [2.24, 2.45) is 0 Å². The van der Waals surface area contributed by atoms with E-state index in [0.717, 1.165) is 31.2 Å². The Labute approximate surface area is 155 Å². The van der Waals surface area contributed by atoms with E-state index in [1.54, 1.807) is 22.6 Å². The normalized spacial score (nSPS) is 12.0. The lowest BCUT2D eigenvalue weighted by Gasteiger charge is -2.15. The predicted molar refractivity (Wildman–Crippen MR) is 96.6 cm³/mol. The average Bonchev–Trinajstić information content (AvgIpc) is 3.03. The Balaban J connectivity index is 2.17. The summed E-state index contributed by atoms with van der Waals surface area (Å²) in [7, 11) is 0. The maximum atomic E-state index is 13.6. The van der Waals surface area contributed by atoms with Crippen molar-refractivity contribution in [2.45, 2.75) is 20.0 Å². The Bertz CT molecular complexity index is 996. The Morgan fingerprint density at radius 3 is 2.56 bits per heavy atom. The van der Waals surface area contributed by atoms with E-state index in [1.807, 2.05) is 12.1 Å². The molecule has 0 aliphatic carbocycles. The van der Waals surface area contributed by atoms with Crippen molar-refractivity contribution in [3.63, 3.8) is 0 Å². The second kappa shape index (κ2) is 7.45. The third-order valence-electron chi connectivity index (χ3n) is 4.85. The van der Waals surface area contributed by atoms with E-state index in [-0.39, 0.29) is 5.65 Å². The summed E-state index contributed by atoms with van der Waals surface area (Å²) in [4.78, 5) is 4.32. The molecule has 2 aromatic heterocycles. The molecule has 0 aliphatic heterocycles. The molecule has 0 aliphatic rings. The summed E-state index contributed by atoms with van der Waals surface area (Å²) < 4.78 is 42.3. The third kappa shape index (κ3) is 3.55. The molecule has 2 heterocycles. The number of rotatable bonds is 6. The molecule has 1 aromatic carbocycles. The fraction of sp³-hybridized carbons (Fsp3) is 0.368. The molecule has 0 saturated carbocycles. The highest BCUT2D eigenvalue weighted by Gasteiger charge is 2.38. The smallest absolute Gasteiger partial charge is 0.333 e. The van der Waals surface area contributed by atoms with Crippen LogP contribution in [0.4, 0.5) is 19.0 Å². The number of nitrogens with one attached hydrogen (secondary N) is 3. The first kappa shape index (κ1) is 19.0. The van der Waals surface area contributed by atoms with E-state index in [1.165, 1.54) is 4.90 Å². The number of quaternary nitrogens is 1. The van der Waals surface area contributed by atoms with Crippen LogP contribution in [0.1, 0.15) is 25.0 Å². The lowest BCUT2D eigenvalue weighted by Crippen LogP contribution is -3.12. The first-order chi connectivity index (χ1) is 12.9. The van der Waals surface area contributed by atoms with Crippen LogP contribution in [-0.2, 0) is 6.18 Å². The summed E-state index contributed by atoms with van der Waals surface area (Å²) >= 11 is 0. The van der Waals surface area contributed by atoms with Gasteiger partial charge in [0.1, 0.15) is 35.8 Å². The molecule has 3 N–H and O–H groups in total. The predicted octanol–water partition coefficient (Wildman–Crippen LogP) is 2.13.